The van der Waals surface area contributed by atoms with Crippen LogP contribution in [-0.2, 0) is 11.3 Å². The van der Waals surface area contributed by atoms with Gasteiger partial charge in [0.2, 0.25) is 5.91 Å². The summed E-state index contributed by atoms with van der Waals surface area (Å²) in [6.07, 6.45) is 3.38. The van der Waals surface area contributed by atoms with E-state index in [-0.39, 0.29) is 11.9 Å². The zero-order chi connectivity index (χ0) is 13.8. The standard InChI is InChI=1S/C13H16N6O/c20-13(14-5-7-19-8-6-16-18-19)12-9-15-10-3-1-2-4-11(10)17-12/h1-4,6,8,12,15,17H,5,7,9H2,(H,14,20). The molecule has 0 aliphatic carbocycles. The molecule has 0 spiro atoms. The van der Waals surface area contributed by atoms with Crippen LogP contribution in [0.15, 0.2) is 36.7 Å². The lowest BCUT2D eigenvalue weighted by Gasteiger charge is -2.27. The number of hydrogen-bond acceptors (Lipinski definition) is 5. The molecule has 0 fully saturated rings. The molecule has 20 heavy (non-hydrogen) atoms. The molecule has 3 N–H and O–H groups in total. The Kier molecular flexibility index (Phi) is 3.49. The van der Waals surface area contributed by atoms with Crippen molar-refractivity contribution in [3.8, 4) is 0 Å². The van der Waals surface area contributed by atoms with Gasteiger partial charge in [0.05, 0.1) is 24.1 Å². The number of nitrogens with zero attached hydrogens (tertiary/aromatic N) is 3. The van der Waals surface area contributed by atoms with E-state index in [1.807, 2.05) is 24.3 Å². The highest BCUT2D eigenvalue weighted by molar-refractivity contribution is 5.88. The lowest BCUT2D eigenvalue weighted by molar-refractivity contribution is -0.121. The average molecular weight is 272 g/mol. The van der Waals surface area contributed by atoms with E-state index in [0.29, 0.717) is 19.6 Å². The maximum absolute atomic E-state index is 12.1. The molecule has 0 bridgehead atoms. The fourth-order valence-corrected chi connectivity index (χ4v) is 2.14. The molecule has 1 aromatic heterocycles. The minimum Gasteiger partial charge on any atom is -0.381 e. The fourth-order valence-electron chi connectivity index (χ4n) is 2.14. The third-order valence-corrected chi connectivity index (χ3v) is 3.18. The number of hydrogen-bond donors (Lipinski definition) is 3. The van der Waals surface area contributed by atoms with E-state index < -0.39 is 0 Å². The van der Waals surface area contributed by atoms with Crippen molar-refractivity contribution >= 4 is 17.3 Å². The lowest BCUT2D eigenvalue weighted by atomic mass is 10.1. The Bertz CT molecular complexity index is 582. The van der Waals surface area contributed by atoms with Gasteiger partial charge in [0.15, 0.2) is 0 Å². The number of rotatable bonds is 4. The van der Waals surface area contributed by atoms with Crippen molar-refractivity contribution in [1.29, 1.82) is 0 Å². The van der Waals surface area contributed by atoms with Gasteiger partial charge in [0.1, 0.15) is 6.04 Å². The molecular weight excluding hydrogens is 256 g/mol. The van der Waals surface area contributed by atoms with Gasteiger partial charge in [-0.1, -0.05) is 17.3 Å². The highest BCUT2D eigenvalue weighted by atomic mass is 16.2. The molecule has 1 aromatic carbocycles. The average Bonchev–Trinajstić information content (AvgIpc) is 3.00. The van der Waals surface area contributed by atoms with Gasteiger partial charge < -0.3 is 16.0 Å². The number of carbonyl (C=O) groups is 1. The first kappa shape index (κ1) is 12.5. The van der Waals surface area contributed by atoms with E-state index in [4.69, 9.17) is 0 Å². The Morgan fingerprint density at radius 3 is 3.05 bits per heavy atom. The van der Waals surface area contributed by atoms with Gasteiger partial charge in [-0.25, -0.2) is 0 Å². The van der Waals surface area contributed by atoms with Crippen LogP contribution in [0.2, 0.25) is 0 Å². The smallest absolute Gasteiger partial charge is 0.244 e. The predicted octanol–water partition coefficient (Wildman–Crippen LogP) is 0.300. The van der Waals surface area contributed by atoms with E-state index in [1.165, 1.54) is 0 Å². The van der Waals surface area contributed by atoms with Gasteiger partial charge in [-0.15, -0.1) is 5.10 Å². The molecule has 0 radical (unpaired) electrons. The van der Waals surface area contributed by atoms with Gasteiger partial charge in [0, 0.05) is 19.3 Å². The number of aromatic nitrogens is 3. The molecule has 2 heterocycles. The van der Waals surface area contributed by atoms with Crippen LogP contribution in [0.3, 0.4) is 0 Å². The molecular formula is C13H16N6O. The normalized spacial score (nSPS) is 16.7. The minimum absolute atomic E-state index is 0.0212. The van der Waals surface area contributed by atoms with Crippen LogP contribution in [0.1, 0.15) is 0 Å². The van der Waals surface area contributed by atoms with Crippen LogP contribution in [0.4, 0.5) is 11.4 Å². The molecule has 1 amide bonds. The van der Waals surface area contributed by atoms with Crippen molar-refractivity contribution < 1.29 is 4.79 Å². The van der Waals surface area contributed by atoms with Gasteiger partial charge in [-0.2, -0.15) is 0 Å². The first-order chi connectivity index (χ1) is 9.83. The van der Waals surface area contributed by atoms with Crippen molar-refractivity contribution in [2.24, 2.45) is 0 Å². The van der Waals surface area contributed by atoms with Crippen molar-refractivity contribution in [3.63, 3.8) is 0 Å². The van der Waals surface area contributed by atoms with E-state index >= 15 is 0 Å². The maximum atomic E-state index is 12.1. The van der Waals surface area contributed by atoms with Crippen molar-refractivity contribution in [2.75, 3.05) is 23.7 Å². The molecule has 7 heteroatoms. The molecule has 1 atom stereocenters. The number of amides is 1. The van der Waals surface area contributed by atoms with Gasteiger partial charge in [0.25, 0.3) is 0 Å². The summed E-state index contributed by atoms with van der Waals surface area (Å²) in [7, 11) is 0. The molecule has 3 rings (SSSR count). The van der Waals surface area contributed by atoms with Crippen molar-refractivity contribution in [2.45, 2.75) is 12.6 Å². The quantitative estimate of drug-likeness (QED) is 0.745. The van der Waals surface area contributed by atoms with Gasteiger partial charge in [-0.05, 0) is 12.1 Å². The second-order valence-electron chi connectivity index (χ2n) is 4.58. The molecule has 1 aliphatic rings. The Hall–Kier alpha value is -2.57. The number of benzene rings is 1. The molecule has 7 nitrogen and oxygen atoms in total. The van der Waals surface area contributed by atoms with E-state index in [1.54, 1.807) is 17.1 Å². The summed E-state index contributed by atoms with van der Waals surface area (Å²) >= 11 is 0. The summed E-state index contributed by atoms with van der Waals surface area (Å²) in [5.74, 6) is -0.0212. The van der Waals surface area contributed by atoms with E-state index in [2.05, 4.69) is 26.3 Å². The van der Waals surface area contributed by atoms with Crippen LogP contribution < -0.4 is 16.0 Å². The van der Waals surface area contributed by atoms with E-state index in [0.717, 1.165) is 11.4 Å². The highest BCUT2D eigenvalue weighted by Crippen LogP contribution is 2.24. The summed E-state index contributed by atoms with van der Waals surface area (Å²) in [5, 5.41) is 16.9. The number of carbonyl (C=O) groups excluding carboxylic acids is 1. The second kappa shape index (κ2) is 5.60. The SMILES string of the molecule is O=C(NCCn1ccnn1)C1CNc2ccccc2N1. The van der Waals surface area contributed by atoms with Crippen LogP contribution in [0, 0.1) is 0 Å². The number of para-hydroxylation sites is 2. The predicted molar refractivity (Wildman–Crippen MR) is 75.4 cm³/mol. The summed E-state index contributed by atoms with van der Waals surface area (Å²) in [4.78, 5) is 12.1. The topological polar surface area (TPSA) is 83.9 Å². The number of fused-ring (bicyclic) bond motifs is 1. The third kappa shape index (κ3) is 2.71. The molecule has 2 aromatic rings. The zero-order valence-corrected chi connectivity index (χ0v) is 10.9. The first-order valence-corrected chi connectivity index (χ1v) is 6.54. The Morgan fingerprint density at radius 1 is 1.40 bits per heavy atom. The number of nitrogens with one attached hydrogen (secondary N) is 3. The molecule has 1 unspecified atom stereocenters. The summed E-state index contributed by atoms with van der Waals surface area (Å²) in [6, 6.07) is 7.59. The largest absolute Gasteiger partial charge is 0.381 e. The minimum atomic E-state index is -0.263. The fraction of sp³-hybridized carbons (Fsp3) is 0.308. The third-order valence-electron chi connectivity index (χ3n) is 3.18. The molecule has 0 saturated heterocycles. The molecule has 104 valence electrons. The maximum Gasteiger partial charge on any atom is 0.244 e. The van der Waals surface area contributed by atoms with E-state index in [9.17, 15) is 4.79 Å². The summed E-state index contributed by atoms with van der Waals surface area (Å²) in [6.45, 7) is 1.72. The monoisotopic (exact) mass is 272 g/mol. The Morgan fingerprint density at radius 2 is 2.25 bits per heavy atom. The summed E-state index contributed by atoms with van der Waals surface area (Å²) in [5.41, 5.74) is 1.98. The summed E-state index contributed by atoms with van der Waals surface area (Å²) < 4.78 is 1.68. The lowest BCUT2D eigenvalue weighted by Crippen LogP contribution is -2.46. The number of anilines is 2. The van der Waals surface area contributed by atoms with Gasteiger partial charge in [-0.3, -0.25) is 9.48 Å². The van der Waals surface area contributed by atoms with Gasteiger partial charge >= 0.3 is 0 Å². The van der Waals surface area contributed by atoms with Crippen LogP contribution in [-0.4, -0.2) is 40.0 Å². The van der Waals surface area contributed by atoms with Crippen LogP contribution >= 0.6 is 0 Å². The van der Waals surface area contributed by atoms with Crippen LogP contribution in [0.25, 0.3) is 0 Å². The first-order valence-electron chi connectivity index (χ1n) is 6.54. The highest BCUT2D eigenvalue weighted by Gasteiger charge is 2.22. The zero-order valence-electron chi connectivity index (χ0n) is 10.9. The molecule has 0 saturated carbocycles. The van der Waals surface area contributed by atoms with Crippen LogP contribution in [0.5, 0.6) is 0 Å². The molecule has 1 aliphatic heterocycles. The Labute approximate surface area is 116 Å². The van der Waals surface area contributed by atoms with Crippen molar-refractivity contribution in [1.82, 2.24) is 20.3 Å². The van der Waals surface area contributed by atoms with Crippen molar-refractivity contribution in [3.05, 3.63) is 36.7 Å². The Balaban J connectivity index is 1.51. The second-order valence-corrected chi connectivity index (χ2v) is 4.58.